The van der Waals surface area contributed by atoms with Gasteiger partial charge in [0.15, 0.2) is 0 Å². The van der Waals surface area contributed by atoms with E-state index in [1.165, 1.54) is 11.3 Å². The fourth-order valence-electron chi connectivity index (χ4n) is 1.90. The number of rotatable bonds is 3. The maximum absolute atomic E-state index is 12.1. The van der Waals surface area contributed by atoms with E-state index in [-0.39, 0.29) is 24.7 Å². The number of aliphatic hydroxyl groups is 1. The Morgan fingerprint density at radius 3 is 3.11 bits per heavy atom. The van der Waals surface area contributed by atoms with Crippen molar-refractivity contribution in [2.45, 2.75) is 19.1 Å². The second-order valence-electron chi connectivity index (χ2n) is 4.45. The molecular weight excluding hydrogens is 286 g/mol. The van der Waals surface area contributed by atoms with Crippen LogP contribution in [0, 0.1) is 0 Å². The van der Waals surface area contributed by atoms with Gasteiger partial charge in [-0.2, -0.15) is 0 Å². The maximum Gasteiger partial charge on any atom is 0.247 e. The number of halogens is 1. The lowest BCUT2D eigenvalue weighted by Crippen LogP contribution is -2.51. The van der Waals surface area contributed by atoms with Crippen molar-refractivity contribution < 1.29 is 14.6 Å². The van der Waals surface area contributed by atoms with E-state index in [9.17, 15) is 4.79 Å². The van der Waals surface area contributed by atoms with Gasteiger partial charge in [0.1, 0.15) is 0 Å². The van der Waals surface area contributed by atoms with Gasteiger partial charge < -0.3 is 14.7 Å². The molecule has 0 aromatic carbocycles. The first-order valence-corrected chi connectivity index (χ1v) is 7.26. The molecule has 2 atom stereocenters. The molecule has 6 heteroatoms. The number of ether oxygens (including phenoxy) is 1. The quantitative estimate of drug-likeness (QED) is 0.869. The first-order valence-electron chi connectivity index (χ1n) is 6.06. The molecule has 0 bridgehead atoms. The lowest BCUT2D eigenvalue weighted by molar-refractivity contribution is -0.140. The molecule has 1 amide bonds. The van der Waals surface area contributed by atoms with E-state index >= 15 is 0 Å². The number of hydrogen-bond acceptors (Lipinski definition) is 4. The van der Waals surface area contributed by atoms with Gasteiger partial charge in [-0.25, -0.2) is 0 Å². The van der Waals surface area contributed by atoms with Crippen molar-refractivity contribution in [2.24, 2.45) is 0 Å². The predicted molar refractivity (Wildman–Crippen MR) is 76.4 cm³/mol. The van der Waals surface area contributed by atoms with Crippen molar-refractivity contribution in [3.8, 4) is 0 Å². The Labute approximate surface area is 121 Å². The summed E-state index contributed by atoms with van der Waals surface area (Å²) in [6.45, 7) is 2.74. The highest BCUT2D eigenvalue weighted by atomic mass is 35.5. The molecule has 1 aliphatic heterocycles. The van der Waals surface area contributed by atoms with Crippen LogP contribution >= 0.6 is 22.9 Å². The van der Waals surface area contributed by atoms with E-state index in [1.54, 1.807) is 23.1 Å². The third kappa shape index (κ3) is 3.79. The molecule has 0 saturated carbocycles. The number of thiophene rings is 1. The van der Waals surface area contributed by atoms with Gasteiger partial charge in [-0.15, -0.1) is 11.3 Å². The molecule has 1 saturated heterocycles. The minimum atomic E-state index is -0.287. The molecule has 19 heavy (non-hydrogen) atoms. The van der Waals surface area contributed by atoms with Crippen LogP contribution in [0.3, 0.4) is 0 Å². The molecule has 2 heterocycles. The van der Waals surface area contributed by atoms with E-state index in [2.05, 4.69) is 0 Å². The van der Waals surface area contributed by atoms with Crippen molar-refractivity contribution in [1.29, 1.82) is 0 Å². The van der Waals surface area contributed by atoms with Crippen molar-refractivity contribution in [3.63, 3.8) is 0 Å². The number of carbonyl (C=O) groups is 1. The van der Waals surface area contributed by atoms with Gasteiger partial charge in [-0.1, -0.05) is 11.6 Å². The minimum absolute atomic E-state index is 0.0203. The van der Waals surface area contributed by atoms with Crippen molar-refractivity contribution >= 4 is 34.9 Å². The highest BCUT2D eigenvalue weighted by molar-refractivity contribution is 7.17. The molecule has 4 nitrogen and oxygen atoms in total. The minimum Gasteiger partial charge on any atom is -0.394 e. The average molecular weight is 302 g/mol. The molecule has 2 rings (SSSR count). The number of hydrogen-bond donors (Lipinski definition) is 1. The Balaban J connectivity index is 2.00. The first-order chi connectivity index (χ1) is 9.10. The number of aliphatic hydroxyl groups excluding tert-OH is 1. The van der Waals surface area contributed by atoms with E-state index < -0.39 is 0 Å². The molecule has 0 aliphatic carbocycles. The lowest BCUT2D eigenvalue weighted by atomic mass is 10.2. The fourth-order valence-corrected chi connectivity index (χ4v) is 2.87. The number of nitrogens with zero attached hydrogens (tertiary/aromatic N) is 1. The number of amides is 1. The van der Waals surface area contributed by atoms with Gasteiger partial charge in [0, 0.05) is 17.5 Å². The Bertz CT molecular complexity index is 474. The van der Waals surface area contributed by atoms with Crippen LogP contribution in [0.15, 0.2) is 18.2 Å². The third-order valence-corrected chi connectivity index (χ3v) is 4.17. The number of carbonyl (C=O) groups excluding carboxylic acids is 1. The maximum atomic E-state index is 12.1. The molecule has 2 unspecified atom stereocenters. The van der Waals surface area contributed by atoms with Crippen LogP contribution in [0.5, 0.6) is 0 Å². The van der Waals surface area contributed by atoms with Crippen LogP contribution in [-0.2, 0) is 9.53 Å². The molecule has 1 N–H and O–H groups in total. The van der Waals surface area contributed by atoms with E-state index in [1.807, 2.05) is 13.0 Å². The molecule has 1 aliphatic rings. The Kier molecular flexibility index (Phi) is 4.99. The van der Waals surface area contributed by atoms with Crippen LogP contribution in [0.25, 0.3) is 6.08 Å². The summed E-state index contributed by atoms with van der Waals surface area (Å²) < 4.78 is 6.10. The second kappa shape index (κ2) is 6.52. The summed E-state index contributed by atoms with van der Waals surface area (Å²) in [5.41, 5.74) is 0. The summed E-state index contributed by atoms with van der Waals surface area (Å²) in [5, 5.41) is 9.09. The standard InChI is InChI=1S/C13H16ClNO3S/c1-9-8-18-10(7-16)6-15(9)13(17)5-3-11-2-4-12(14)19-11/h2-5,9-10,16H,6-8H2,1H3/b5-3+. The zero-order valence-corrected chi connectivity index (χ0v) is 12.2. The SMILES string of the molecule is CC1COC(CO)CN1C(=O)/C=C/c1ccc(Cl)s1. The predicted octanol–water partition coefficient (Wildman–Crippen LogP) is 2.02. The third-order valence-electron chi connectivity index (χ3n) is 2.98. The van der Waals surface area contributed by atoms with Crippen LogP contribution in [-0.4, -0.2) is 47.8 Å². The van der Waals surface area contributed by atoms with Gasteiger partial charge >= 0.3 is 0 Å². The topological polar surface area (TPSA) is 49.8 Å². The van der Waals surface area contributed by atoms with Gasteiger partial charge in [0.05, 0.1) is 29.7 Å². The molecule has 1 aromatic rings. The van der Waals surface area contributed by atoms with Crippen LogP contribution in [0.2, 0.25) is 4.34 Å². The number of morpholine rings is 1. The van der Waals surface area contributed by atoms with E-state index in [0.29, 0.717) is 17.5 Å². The van der Waals surface area contributed by atoms with Gasteiger partial charge in [-0.05, 0) is 25.1 Å². The monoisotopic (exact) mass is 301 g/mol. The van der Waals surface area contributed by atoms with Crippen LogP contribution in [0.4, 0.5) is 0 Å². The molecule has 1 fully saturated rings. The van der Waals surface area contributed by atoms with Crippen molar-refractivity contribution in [2.75, 3.05) is 19.8 Å². The molecule has 0 radical (unpaired) electrons. The normalized spacial score (nSPS) is 24.1. The van der Waals surface area contributed by atoms with Gasteiger partial charge in [0.2, 0.25) is 5.91 Å². The fraction of sp³-hybridized carbons (Fsp3) is 0.462. The summed E-state index contributed by atoms with van der Waals surface area (Å²) in [6, 6.07) is 3.69. The summed E-state index contributed by atoms with van der Waals surface area (Å²) in [5.74, 6) is -0.0706. The van der Waals surface area contributed by atoms with Crippen molar-refractivity contribution in [3.05, 3.63) is 27.4 Å². The van der Waals surface area contributed by atoms with Gasteiger partial charge in [0.25, 0.3) is 0 Å². The average Bonchev–Trinajstić information content (AvgIpc) is 2.82. The first kappa shape index (κ1) is 14.5. The van der Waals surface area contributed by atoms with Crippen LogP contribution in [0.1, 0.15) is 11.8 Å². The zero-order chi connectivity index (χ0) is 13.8. The lowest BCUT2D eigenvalue weighted by Gasteiger charge is -2.36. The Hall–Kier alpha value is -0.880. The Morgan fingerprint density at radius 1 is 1.68 bits per heavy atom. The highest BCUT2D eigenvalue weighted by Crippen LogP contribution is 2.22. The van der Waals surface area contributed by atoms with Crippen molar-refractivity contribution in [1.82, 2.24) is 4.90 Å². The summed E-state index contributed by atoms with van der Waals surface area (Å²) in [4.78, 5) is 14.8. The summed E-state index contributed by atoms with van der Waals surface area (Å²) >= 11 is 7.26. The van der Waals surface area contributed by atoms with Crippen LogP contribution < -0.4 is 0 Å². The largest absolute Gasteiger partial charge is 0.394 e. The molecule has 0 spiro atoms. The van der Waals surface area contributed by atoms with E-state index in [4.69, 9.17) is 21.4 Å². The zero-order valence-electron chi connectivity index (χ0n) is 10.6. The molecule has 1 aromatic heterocycles. The second-order valence-corrected chi connectivity index (χ2v) is 6.20. The summed E-state index contributed by atoms with van der Waals surface area (Å²) in [7, 11) is 0. The Morgan fingerprint density at radius 2 is 2.47 bits per heavy atom. The smallest absolute Gasteiger partial charge is 0.247 e. The highest BCUT2D eigenvalue weighted by Gasteiger charge is 2.27. The van der Waals surface area contributed by atoms with Gasteiger partial charge in [-0.3, -0.25) is 4.79 Å². The molecular formula is C13H16ClNO3S. The molecule has 104 valence electrons. The summed E-state index contributed by atoms with van der Waals surface area (Å²) in [6.07, 6.45) is 3.01. The van der Waals surface area contributed by atoms with E-state index in [0.717, 1.165) is 4.88 Å².